The standard InChI is InChI=1S/C14H20N2O/c1-8-5-9(2)14-11(6-8)13(12(17)7-15)10(3)16(14)4/h5-6,12,17H,7,15H2,1-4H3. The van der Waals surface area contributed by atoms with E-state index >= 15 is 0 Å². The molecular weight excluding hydrogens is 212 g/mol. The van der Waals surface area contributed by atoms with Crippen molar-refractivity contribution in [2.75, 3.05) is 6.54 Å². The molecule has 2 aromatic rings. The van der Waals surface area contributed by atoms with Crippen LogP contribution in [0.4, 0.5) is 0 Å². The molecule has 17 heavy (non-hydrogen) atoms. The zero-order valence-electron chi connectivity index (χ0n) is 10.9. The third kappa shape index (κ3) is 1.75. The van der Waals surface area contributed by atoms with Crippen molar-refractivity contribution in [2.45, 2.75) is 26.9 Å². The second-order valence-electron chi connectivity index (χ2n) is 4.79. The van der Waals surface area contributed by atoms with E-state index in [0.717, 1.165) is 16.6 Å². The highest BCUT2D eigenvalue weighted by Crippen LogP contribution is 2.32. The molecule has 0 bridgehead atoms. The van der Waals surface area contributed by atoms with Crippen LogP contribution in [0, 0.1) is 20.8 Å². The Morgan fingerprint density at radius 1 is 1.29 bits per heavy atom. The van der Waals surface area contributed by atoms with Crippen LogP contribution in [0.1, 0.15) is 28.5 Å². The fourth-order valence-corrected chi connectivity index (χ4v) is 2.69. The smallest absolute Gasteiger partial charge is 0.0935 e. The molecule has 0 saturated heterocycles. The molecule has 0 radical (unpaired) electrons. The molecule has 0 amide bonds. The molecule has 2 rings (SSSR count). The first-order valence-corrected chi connectivity index (χ1v) is 5.91. The number of aliphatic hydroxyl groups is 1. The van der Waals surface area contributed by atoms with E-state index in [1.54, 1.807) is 0 Å². The SMILES string of the molecule is Cc1cc(C)c2c(c1)c(C(O)CN)c(C)n2C. The molecule has 3 nitrogen and oxygen atoms in total. The summed E-state index contributed by atoms with van der Waals surface area (Å²) in [5.41, 5.74) is 11.3. The van der Waals surface area contributed by atoms with Crippen LogP contribution in [0.2, 0.25) is 0 Å². The molecule has 3 N–H and O–H groups in total. The van der Waals surface area contributed by atoms with Crippen LogP contribution in [0.15, 0.2) is 12.1 Å². The lowest BCUT2D eigenvalue weighted by atomic mass is 10.0. The number of hydrogen-bond acceptors (Lipinski definition) is 2. The van der Waals surface area contributed by atoms with Gasteiger partial charge in [0, 0.05) is 30.2 Å². The molecule has 1 aromatic heterocycles. The summed E-state index contributed by atoms with van der Waals surface area (Å²) in [5.74, 6) is 0. The Labute approximate surface area is 102 Å². The van der Waals surface area contributed by atoms with Crippen LogP contribution in [0.5, 0.6) is 0 Å². The van der Waals surface area contributed by atoms with Crippen molar-refractivity contribution in [1.29, 1.82) is 0 Å². The van der Waals surface area contributed by atoms with E-state index in [1.807, 2.05) is 14.0 Å². The Morgan fingerprint density at radius 3 is 2.53 bits per heavy atom. The van der Waals surface area contributed by atoms with Gasteiger partial charge in [-0.15, -0.1) is 0 Å². The van der Waals surface area contributed by atoms with Crippen molar-refractivity contribution in [3.63, 3.8) is 0 Å². The summed E-state index contributed by atoms with van der Waals surface area (Å²) in [4.78, 5) is 0. The van der Waals surface area contributed by atoms with Crippen LogP contribution in [0.25, 0.3) is 10.9 Å². The maximum atomic E-state index is 10.1. The maximum Gasteiger partial charge on any atom is 0.0935 e. The Morgan fingerprint density at radius 2 is 1.94 bits per heavy atom. The predicted molar refractivity (Wildman–Crippen MR) is 71.1 cm³/mol. The summed E-state index contributed by atoms with van der Waals surface area (Å²) < 4.78 is 2.14. The number of rotatable bonds is 2. The monoisotopic (exact) mass is 232 g/mol. The van der Waals surface area contributed by atoms with Gasteiger partial charge in [0.25, 0.3) is 0 Å². The molecule has 0 aliphatic carbocycles. The van der Waals surface area contributed by atoms with Gasteiger partial charge >= 0.3 is 0 Å². The van der Waals surface area contributed by atoms with Gasteiger partial charge in [-0.05, 0) is 32.4 Å². The number of aliphatic hydroxyl groups excluding tert-OH is 1. The van der Waals surface area contributed by atoms with E-state index < -0.39 is 6.10 Å². The summed E-state index contributed by atoms with van der Waals surface area (Å²) in [6, 6.07) is 4.30. The number of nitrogens with two attached hydrogens (primary N) is 1. The number of nitrogens with zero attached hydrogens (tertiary/aromatic N) is 1. The quantitative estimate of drug-likeness (QED) is 0.833. The highest BCUT2D eigenvalue weighted by molar-refractivity contribution is 5.89. The molecule has 1 atom stereocenters. The lowest BCUT2D eigenvalue weighted by Gasteiger charge is -2.08. The van der Waals surface area contributed by atoms with Crippen molar-refractivity contribution >= 4 is 10.9 Å². The molecule has 0 aliphatic heterocycles. The zero-order chi connectivity index (χ0) is 12.7. The van der Waals surface area contributed by atoms with E-state index in [1.165, 1.54) is 16.6 Å². The van der Waals surface area contributed by atoms with Crippen LogP contribution in [-0.4, -0.2) is 16.2 Å². The van der Waals surface area contributed by atoms with Crippen molar-refractivity contribution in [3.05, 3.63) is 34.5 Å². The fraction of sp³-hybridized carbons (Fsp3) is 0.429. The van der Waals surface area contributed by atoms with E-state index in [4.69, 9.17) is 5.73 Å². The van der Waals surface area contributed by atoms with Crippen molar-refractivity contribution < 1.29 is 5.11 Å². The molecule has 0 fully saturated rings. The molecule has 1 heterocycles. The Bertz CT molecular complexity index is 569. The second kappa shape index (κ2) is 4.17. The first kappa shape index (κ1) is 12.1. The van der Waals surface area contributed by atoms with Crippen molar-refractivity contribution in [2.24, 2.45) is 12.8 Å². The molecule has 0 aliphatic rings. The van der Waals surface area contributed by atoms with Gasteiger partial charge in [-0.3, -0.25) is 0 Å². The van der Waals surface area contributed by atoms with E-state index in [-0.39, 0.29) is 6.54 Å². The van der Waals surface area contributed by atoms with E-state index in [0.29, 0.717) is 0 Å². The van der Waals surface area contributed by atoms with Gasteiger partial charge in [0.15, 0.2) is 0 Å². The van der Waals surface area contributed by atoms with Gasteiger partial charge < -0.3 is 15.4 Å². The lowest BCUT2D eigenvalue weighted by molar-refractivity contribution is 0.187. The number of benzene rings is 1. The Hall–Kier alpha value is -1.32. The molecule has 92 valence electrons. The van der Waals surface area contributed by atoms with E-state index in [9.17, 15) is 5.11 Å². The maximum absolute atomic E-state index is 10.1. The molecule has 0 saturated carbocycles. The highest BCUT2D eigenvalue weighted by atomic mass is 16.3. The van der Waals surface area contributed by atoms with Crippen LogP contribution in [0.3, 0.4) is 0 Å². The normalized spacial score (nSPS) is 13.3. The molecular formula is C14H20N2O. The van der Waals surface area contributed by atoms with Gasteiger partial charge in [0.1, 0.15) is 0 Å². The van der Waals surface area contributed by atoms with Gasteiger partial charge in [-0.25, -0.2) is 0 Å². The van der Waals surface area contributed by atoms with Crippen LogP contribution >= 0.6 is 0 Å². The summed E-state index contributed by atoms with van der Waals surface area (Å²) in [7, 11) is 2.03. The summed E-state index contributed by atoms with van der Waals surface area (Å²) in [6.07, 6.45) is -0.583. The largest absolute Gasteiger partial charge is 0.387 e. The van der Waals surface area contributed by atoms with Gasteiger partial charge in [0.05, 0.1) is 11.6 Å². The second-order valence-corrected chi connectivity index (χ2v) is 4.79. The van der Waals surface area contributed by atoms with Crippen molar-refractivity contribution in [3.8, 4) is 0 Å². The topological polar surface area (TPSA) is 51.2 Å². The van der Waals surface area contributed by atoms with Gasteiger partial charge in [-0.2, -0.15) is 0 Å². The first-order chi connectivity index (χ1) is 7.97. The minimum Gasteiger partial charge on any atom is -0.387 e. The predicted octanol–water partition coefficient (Wildman–Crippen LogP) is 2.10. The average molecular weight is 232 g/mol. The van der Waals surface area contributed by atoms with Gasteiger partial charge in [0.2, 0.25) is 0 Å². The summed E-state index contributed by atoms with van der Waals surface area (Å²) in [5, 5.41) is 11.2. The number of hydrogen-bond donors (Lipinski definition) is 2. The average Bonchev–Trinajstić information content (AvgIpc) is 2.50. The Balaban J connectivity index is 2.88. The number of aromatic nitrogens is 1. The number of aryl methyl sites for hydroxylation is 3. The number of fused-ring (bicyclic) bond motifs is 1. The minimum absolute atomic E-state index is 0.257. The Kier molecular flexibility index (Phi) is 2.98. The highest BCUT2D eigenvalue weighted by Gasteiger charge is 2.19. The van der Waals surface area contributed by atoms with E-state index in [2.05, 4.69) is 30.5 Å². The first-order valence-electron chi connectivity index (χ1n) is 5.91. The molecule has 1 aromatic carbocycles. The lowest BCUT2D eigenvalue weighted by Crippen LogP contribution is -2.12. The molecule has 0 spiro atoms. The van der Waals surface area contributed by atoms with Gasteiger partial charge in [-0.1, -0.05) is 11.6 Å². The van der Waals surface area contributed by atoms with Crippen LogP contribution in [-0.2, 0) is 7.05 Å². The summed E-state index contributed by atoms with van der Waals surface area (Å²) >= 11 is 0. The third-order valence-electron chi connectivity index (χ3n) is 3.52. The molecule has 1 unspecified atom stereocenters. The fourth-order valence-electron chi connectivity index (χ4n) is 2.69. The minimum atomic E-state index is -0.583. The van der Waals surface area contributed by atoms with Crippen LogP contribution < -0.4 is 5.73 Å². The van der Waals surface area contributed by atoms with Crippen molar-refractivity contribution in [1.82, 2.24) is 4.57 Å². The third-order valence-corrected chi connectivity index (χ3v) is 3.52. The molecule has 3 heteroatoms. The summed E-state index contributed by atoms with van der Waals surface area (Å²) in [6.45, 7) is 6.47. The zero-order valence-corrected chi connectivity index (χ0v) is 10.9.